The van der Waals surface area contributed by atoms with Crippen LogP contribution in [0.5, 0.6) is 0 Å². The van der Waals surface area contributed by atoms with Gasteiger partial charge >= 0.3 is 0 Å². The van der Waals surface area contributed by atoms with Crippen molar-refractivity contribution in [3.05, 3.63) is 81.5 Å². The summed E-state index contributed by atoms with van der Waals surface area (Å²) in [5, 5.41) is 10.6. The molecule has 0 saturated heterocycles. The van der Waals surface area contributed by atoms with Gasteiger partial charge in [-0.2, -0.15) is 0 Å². The van der Waals surface area contributed by atoms with E-state index in [2.05, 4.69) is 15.5 Å². The van der Waals surface area contributed by atoms with Crippen molar-refractivity contribution in [1.82, 2.24) is 20.1 Å². The number of rotatable bonds is 4. The largest absolute Gasteiger partial charge is 0.346 e. The Morgan fingerprint density at radius 1 is 1.07 bits per heavy atom. The van der Waals surface area contributed by atoms with Crippen LogP contribution in [0, 0.1) is 12.7 Å². The quantitative estimate of drug-likeness (QED) is 0.752. The van der Waals surface area contributed by atoms with Crippen LogP contribution >= 0.6 is 0 Å². The Morgan fingerprint density at radius 2 is 1.79 bits per heavy atom. The van der Waals surface area contributed by atoms with Gasteiger partial charge in [0.2, 0.25) is 11.6 Å². The second-order valence-electron chi connectivity index (χ2n) is 6.60. The number of amides is 1. The first kappa shape index (κ1) is 17.8. The molecule has 3 aromatic rings. The van der Waals surface area contributed by atoms with Crippen molar-refractivity contribution in [1.29, 1.82) is 0 Å². The average Bonchev–Trinajstić information content (AvgIpc) is 3.13. The molecule has 0 spiro atoms. The summed E-state index contributed by atoms with van der Waals surface area (Å²) in [6.45, 7) is 3.17. The highest BCUT2D eigenvalue weighted by Gasteiger charge is 2.27. The highest BCUT2D eigenvalue weighted by molar-refractivity contribution is 5.91. The fraction of sp³-hybridized carbons (Fsp3) is 0.200. The molecular formula is C20H18FN5O2. The molecule has 8 heteroatoms. The van der Waals surface area contributed by atoms with Crippen molar-refractivity contribution < 1.29 is 9.18 Å². The molecule has 1 aliphatic heterocycles. The van der Waals surface area contributed by atoms with Crippen LogP contribution in [0.3, 0.4) is 0 Å². The first-order chi connectivity index (χ1) is 13.5. The van der Waals surface area contributed by atoms with E-state index in [9.17, 15) is 14.0 Å². The van der Waals surface area contributed by atoms with Crippen LogP contribution < -0.4 is 15.8 Å². The Labute approximate surface area is 160 Å². The Morgan fingerprint density at radius 3 is 2.50 bits per heavy atom. The van der Waals surface area contributed by atoms with E-state index in [4.69, 9.17) is 0 Å². The van der Waals surface area contributed by atoms with Gasteiger partial charge in [-0.05, 0) is 36.8 Å². The van der Waals surface area contributed by atoms with Crippen molar-refractivity contribution in [2.24, 2.45) is 0 Å². The molecule has 2 heterocycles. The minimum Gasteiger partial charge on any atom is -0.346 e. The molecule has 28 heavy (non-hydrogen) atoms. The van der Waals surface area contributed by atoms with Gasteiger partial charge in [-0.25, -0.2) is 4.39 Å². The SMILES string of the molecule is Cc1ccc(N2CCn3c2nnc(C(=O)NCc2ccc(F)cc2)c3=O)cc1. The van der Waals surface area contributed by atoms with Gasteiger partial charge in [-0.3, -0.25) is 14.2 Å². The number of halogens is 1. The van der Waals surface area contributed by atoms with E-state index in [1.54, 1.807) is 12.1 Å². The number of nitrogens with zero attached hydrogens (tertiary/aromatic N) is 4. The number of hydrogen-bond donors (Lipinski definition) is 1. The van der Waals surface area contributed by atoms with Gasteiger partial charge in [0.15, 0.2) is 0 Å². The van der Waals surface area contributed by atoms with Gasteiger partial charge in [0.25, 0.3) is 11.5 Å². The Kier molecular flexibility index (Phi) is 4.60. The molecule has 142 valence electrons. The van der Waals surface area contributed by atoms with Gasteiger partial charge in [0.1, 0.15) is 5.82 Å². The molecule has 7 nitrogen and oxygen atoms in total. The van der Waals surface area contributed by atoms with Crippen LogP contribution in [-0.2, 0) is 13.1 Å². The van der Waals surface area contributed by atoms with E-state index in [0.29, 0.717) is 19.0 Å². The standard InChI is InChI=1S/C20H18FN5O2/c1-13-2-8-16(9-3-13)25-10-11-26-19(28)17(23-24-20(25)26)18(27)22-12-14-4-6-15(21)7-5-14/h2-9H,10-12H2,1H3,(H,22,27). The summed E-state index contributed by atoms with van der Waals surface area (Å²) in [6.07, 6.45) is 0. The Hall–Kier alpha value is -3.55. The molecule has 1 aliphatic rings. The van der Waals surface area contributed by atoms with E-state index in [1.165, 1.54) is 16.7 Å². The number of benzene rings is 2. The number of fused-ring (bicyclic) bond motifs is 1. The Balaban J connectivity index is 1.54. The highest BCUT2D eigenvalue weighted by Crippen LogP contribution is 2.26. The molecule has 0 unspecified atom stereocenters. The third kappa shape index (κ3) is 3.36. The second kappa shape index (κ2) is 7.22. The number of hydrogen-bond acceptors (Lipinski definition) is 5. The lowest BCUT2D eigenvalue weighted by Crippen LogP contribution is -2.34. The molecule has 1 amide bonds. The third-order valence-electron chi connectivity index (χ3n) is 4.64. The number of aromatic nitrogens is 3. The van der Waals surface area contributed by atoms with Crippen molar-refractivity contribution >= 4 is 17.5 Å². The Bertz CT molecular complexity index is 1080. The maximum atomic E-state index is 13.0. The van der Waals surface area contributed by atoms with Gasteiger partial charge in [-0.15, -0.1) is 10.2 Å². The molecule has 0 aliphatic carbocycles. The van der Waals surface area contributed by atoms with Gasteiger partial charge in [-0.1, -0.05) is 29.8 Å². The molecule has 1 N–H and O–H groups in total. The first-order valence-electron chi connectivity index (χ1n) is 8.87. The van der Waals surface area contributed by atoms with Crippen LogP contribution in [0.1, 0.15) is 21.6 Å². The number of anilines is 2. The van der Waals surface area contributed by atoms with Crippen molar-refractivity contribution in [2.75, 3.05) is 11.4 Å². The van der Waals surface area contributed by atoms with Crippen LogP contribution in [-0.4, -0.2) is 27.2 Å². The predicted molar refractivity (Wildman–Crippen MR) is 102 cm³/mol. The van der Waals surface area contributed by atoms with Gasteiger partial charge < -0.3 is 10.2 Å². The van der Waals surface area contributed by atoms with Crippen molar-refractivity contribution in [2.45, 2.75) is 20.0 Å². The van der Waals surface area contributed by atoms with Crippen LogP contribution in [0.2, 0.25) is 0 Å². The molecule has 2 aromatic carbocycles. The molecule has 0 fully saturated rings. The van der Waals surface area contributed by atoms with Crippen LogP contribution in [0.4, 0.5) is 16.0 Å². The van der Waals surface area contributed by atoms with Crippen LogP contribution in [0.15, 0.2) is 53.3 Å². The predicted octanol–water partition coefficient (Wildman–Crippen LogP) is 2.17. The zero-order chi connectivity index (χ0) is 19.7. The van der Waals surface area contributed by atoms with Crippen molar-refractivity contribution in [3.63, 3.8) is 0 Å². The van der Waals surface area contributed by atoms with E-state index in [1.807, 2.05) is 36.1 Å². The molecule has 0 saturated carbocycles. The number of carbonyl (C=O) groups is 1. The monoisotopic (exact) mass is 379 g/mol. The minimum absolute atomic E-state index is 0.164. The van der Waals surface area contributed by atoms with E-state index < -0.39 is 11.5 Å². The third-order valence-corrected chi connectivity index (χ3v) is 4.64. The summed E-state index contributed by atoms with van der Waals surface area (Å²) in [5.41, 5.74) is 2.04. The van der Waals surface area contributed by atoms with Gasteiger partial charge in [0.05, 0.1) is 0 Å². The summed E-state index contributed by atoms with van der Waals surface area (Å²) >= 11 is 0. The summed E-state index contributed by atoms with van der Waals surface area (Å²) in [4.78, 5) is 27.0. The minimum atomic E-state index is -0.606. The zero-order valence-electron chi connectivity index (χ0n) is 15.2. The number of aryl methyl sites for hydroxylation is 1. The molecule has 0 bridgehead atoms. The molecular weight excluding hydrogens is 361 g/mol. The van der Waals surface area contributed by atoms with E-state index in [0.717, 1.165) is 16.8 Å². The summed E-state index contributed by atoms with van der Waals surface area (Å²) < 4.78 is 14.4. The van der Waals surface area contributed by atoms with E-state index in [-0.39, 0.29) is 18.1 Å². The zero-order valence-corrected chi connectivity index (χ0v) is 15.2. The highest BCUT2D eigenvalue weighted by atomic mass is 19.1. The number of carbonyl (C=O) groups excluding carboxylic acids is 1. The summed E-state index contributed by atoms with van der Waals surface area (Å²) in [7, 11) is 0. The second-order valence-corrected chi connectivity index (χ2v) is 6.60. The van der Waals surface area contributed by atoms with Crippen molar-refractivity contribution in [3.8, 4) is 0 Å². The maximum absolute atomic E-state index is 13.0. The molecule has 0 radical (unpaired) electrons. The maximum Gasteiger partial charge on any atom is 0.286 e. The summed E-state index contributed by atoms with van der Waals surface area (Å²) in [5.74, 6) is -0.536. The first-order valence-corrected chi connectivity index (χ1v) is 8.87. The topological polar surface area (TPSA) is 80.1 Å². The molecule has 4 rings (SSSR count). The summed E-state index contributed by atoms with van der Waals surface area (Å²) in [6, 6.07) is 13.6. The fourth-order valence-corrected chi connectivity index (χ4v) is 3.09. The molecule has 0 atom stereocenters. The lowest BCUT2D eigenvalue weighted by atomic mass is 10.2. The van der Waals surface area contributed by atoms with E-state index >= 15 is 0 Å². The smallest absolute Gasteiger partial charge is 0.286 e. The lowest BCUT2D eigenvalue weighted by molar-refractivity contribution is 0.0942. The van der Waals surface area contributed by atoms with Crippen LogP contribution in [0.25, 0.3) is 0 Å². The normalized spacial score (nSPS) is 12.7. The molecule has 1 aromatic heterocycles. The lowest BCUT2D eigenvalue weighted by Gasteiger charge is -2.16. The fourth-order valence-electron chi connectivity index (χ4n) is 3.09. The van der Waals surface area contributed by atoms with Gasteiger partial charge in [0, 0.05) is 25.3 Å². The number of nitrogens with one attached hydrogen (secondary N) is 1. The average molecular weight is 379 g/mol.